The molecular formula is C7H8O4S. The Morgan fingerprint density at radius 1 is 1.58 bits per heavy atom. The molecule has 0 bridgehead atoms. The highest BCUT2D eigenvalue weighted by molar-refractivity contribution is 8.05. The standard InChI is InChI=1S/C7H8O4S/c1-10-5-3-4(8)6(12-5)7(9)11-2/h3,6H,1-2H3. The maximum Gasteiger partial charge on any atom is 0.327 e. The normalized spacial score (nSPS) is 22.0. The van der Waals surface area contributed by atoms with E-state index in [4.69, 9.17) is 4.74 Å². The Bertz CT molecular complexity index is 246. The number of methoxy groups -OCH3 is 2. The van der Waals surface area contributed by atoms with E-state index >= 15 is 0 Å². The van der Waals surface area contributed by atoms with Crippen molar-refractivity contribution in [3.8, 4) is 0 Å². The van der Waals surface area contributed by atoms with Crippen LogP contribution in [0, 0.1) is 0 Å². The topological polar surface area (TPSA) is 52.6 Å². The first-order chi connectivity index (χ1) is 5.69. The Balaban J connectivity index is 2.65. The fourth-order valence-corrected chi connectivity index (χ4v) is 1.67. The van der Waals surface area contributed by atoms with Crippen molar-refractivity contribution in [2.24, 2.45) is 0 Å². The van der Waals surface area contributed by atoms with Gasteiger partial charge in [0, 0.05) is 6.08 Å². The molecule has 0 aromatic carbocycles. The van der Waals surface area contributed by atoms with Gasteiger partial charge < -0.3 is 9.47 Å². The average Bonchev–Trinajstić information content (AvgIpc) is 2.45. The zero-order valence-electron chi connectivity index (χ0n) is 6.70. The molecule has 0 fully saturated rings. The van der Waals surface area contributed by atoms with Gasteiger partial charge in [-0.25, -0.2) is 0 Å². The third kappa shape index (κ3) is 1.61. The van der Waals surface area contributed by atoms with Crippen LogP contribution < -0.4 is 0 Å². The minimum Gasteiger partial charge on any atom is -0.490 e. The molecule has 0 saturated carbocycles. The summed E-state index contributed by atoms with van der Waals surface area (Å²) in [7, 11) is 2.70. The van der Waals surface area contributed by atoms with Gasteiger partial charge in [0.05, 0.1) is 14.2 Å². The summed E-state index contributed by atoms with van der Waals surface area (Å²) in [5.74, 6) is -0.808. The first-order valence-electron chi connectivity index (χ1n) is 3.23. The van der Waals surface area contributed by atoms with Gasteiger partial charge in [-0.3, -0.25) is 9.59 Å². The van der Waals surface area contributed by atoms with Crippen molar-refractivity contribution in [2.45, 2.75) is 5.25 Å². The molecule has 0 saturated heterocycles. The van der Waals surface area contributed by atoms with Gasteiger partial charge in [-0.2, -0.15) is 0 Å². The van der Waals surface area contributed by atoms with Crippen molar-refractivity contribution < 1.29 is 19.1 Å². The third-order valence-corrected chi connectivity index (χ3v) is 2.55. The molecule has 1 atom stereocenters. The second-order valence-corrected chi connectivity index (χ2v) is 3.20. The Labute approximate surface area is 73.9 Å². The Kier molecular flexibility index (Phi) is 2.75. The number of carbonyl (C=O) groups excluding carboxylic acids is 2. The van der Waals surface area contributed by atoms with Crippen molar-refractivity contribution >= 4 is 23.5 Å². The van der Waals surface area contributed by atoms with Gasteiger partial charge in [-0.05, 0) is 0 Å². The van der Waals surface area contributed by atoms with E-state index in [1.165, 1.54) is 20.3 Å². The van der Waals surface area contributed by atoms with Gasteiger partial charge in [-0.15, -0.1) is 0 Å². The monoisotopic (exact) mass is 188 g/mol. The first kappa shape index (κ1) is 9.12. The molecule has 0 aromatic rings. The van der Waals surface area contributed by atoms with E-state index in [9.17, 15) is 9.59 Å². The smallest absolute Gasteiger partial charge is 0.327 e. The van der Waals surface area contributed by atoms with Crippen molar-refractivity contribution in [2.75, 3.05) is 14.2 Å². The second kappa shape index (κ2) is 3.62. The van der Waals surface area contributed by atoms with Crippen LogP contribution in [0.3, 0.4) is 0 Å². The molecule has 1 aliphatic heterocycles. The lowest BCUT2D eigenvalue weighted by molar-refractivity contribution is -0.141. The van der Waals surface area contributed by atoms with Gasteiger partial charge in [0.15, 0.2) is 16.1 Å². The number of carbonyl (C=O) groups is 2. The van der Waals surface area contributed by atoms with Crippen LogP contribution in [0.1, 0.15) is 0 Å². The van der Waals surface area contributed by atoms with Crippen molar-refractivity contribution in [3.63, 3.8) is 0 Å². The molecule has 1 aliphatic rings. The summed E-state index contributed by atoms with van der Waals surface area (Å²) >= 11 is 1.07. The number of hydrogen-bond donors (Lipinski definition) is 0. The summed E-state index contributed by atoms with van der Waals surface area (Å²) in [6.07, 6.45) is 1.30. The van der Waals surface area contributed by atoms with Crippen LogP contribution >= 0.6 is 11.8 Å². The maximum atomic E-state index is 11.1. The van der Waals surface area contributed by atoms with Gasteiger partial charge in [-0.1, -0.05) is 11.8 Å². The predicted octanol–water partition coefficient (Wildman–Crippen LogP) is 0.332. The zero-order valence-corrected chi connectivity index (χ0v) is 7.51. The lowest BCUT2D eigenvalue weighted by Crippen LogP contribution is -2.23. The fourth-order valence-electron chi connectivity index (χ4n) is 0.778. The lowest BCUT2D eigenvalue weighted by Gasteiger charge is -2.04. The first-order valence-corrected chi connectivity index (χ1v) is 4.11. The Hall–Kier alpha value is -0.970. The fraction of sp³-hybridized carbons (Fsp3) is 0.429. The van der Waals surface area contributed by atoms with Crippen molar-refractivity contribution in [3.05, 3.63) is 11.2 Å². The lowest BCUT2D eigenvalue weighted by atomic mass is 10.3. The number of thioether (sulfide) groups is 1. The number of esters is 1. The molecule has 1 heterocycles. The molecule has 0 spiro atoms. The van der Waals surface area contributed by atoms with E-state index in [-0.39, 0.29) is 5.78 Å². The molecule has 66 valence electrons. The molecule has 1 rings (SSSR count). The molecular weight excluding hydrogens is 180 g/mol. The van der Waals surface area contributed by atoms with Gasteiger partial charge in [0.25, 0.3) is 0 Å². The third-order valence-electron chi connectivity index (χ3n) is 1.37. The van der Waals surface area contributed by atoms with E-state index in [1.807, 2.05) is 0 Å². The number of ether oxygens (including phenoxy) is 2. The zero-order chi connectivity index (χ0) is 9.14. The Morgan fingerprint density at radius 3 is 2.67 bits per heavy atom. The molecule has 1 unspecified atom stereocenters. The molecule has 0 amide bonds. The number of rotatable bonds is 2. The SMILES string of the molecule is COC(=O)C1SC(OC)=CC1=O. The molecule has 4 nitrogen and oxygen atoms in total. The van der Waals surface area contributed by atoms with Crippen molar-refractivity contribution in [1.29, 1.82) is 0 Å². The molecule has 0 aliphatic carbocycles. The molecule has 0 aromatic heterocycles. The summed E-state index contributed by atoms with van der Waals surface area (Å²) in [5, 5.41) is -0.319. The predicted molar refractivity (Wildman–Crippen MR) is 43.5 cm³/mol. The Morgan fingerprint density at radius 2 is 2.25 bits per heavy atom. The van der Waals surface area contributed by atoms with E-state index < -0.39 is 11.2 Å². The number of allylic oxidation sites excluding steroid dienone is 1. The van der Waals surface area contributed by atoms with Crippen LogP contribution in [0.2, 0.25) is 0 Å². The average molecular weight is 188 g/mol. The largest absolute Gasteiger partial charge is 0.490 e. The highest BCUT2D eigenvalue weighted by Gasteiger charge is 2.34. The van der Waals surface area contributed by atoms with Crippen LogP contribution in [0.25, 0.3) is 0 Å². The van der Waals surface area contributed by atoms with E-state index in [0.29, 0.717) is 5.09 Å². The minimum atomic E-state index is -0.773. The molecule has 12 heavy (non-hydrogen) atoms. The number of hydrogen-bond acceptors (Lipinski definition) is 5. The quantitative estimate of drug-likeness (QED) is 0.461. The maximum absolute atomic E-state index is 11.1. The summed E-state index contributed by atoms with van der Waals surface area (Å²) < 4.78 is 9.23. The minimum absolute atomic E-state index is 0.274. The van der Waals surface area contributed by atoms with Gasteiger partial charge in [0.2, 0.25) is 0 Å². The van der Waals surface area contributed by atoms with E-state index in [0.717, 1.165) is 11.8 Å². The summed E-state index contributed by atoms with van der Waals surface area (Å²) in [4.78, 5) is 22.0. The molecule has 0 N–H and O–H groups in total. The number of ketones is 1. The van der Waals surface area contributed by atoms with Crippen LogP contribution in [0.15, 0.2) is 11.2 Å². The van der Waals surface area contributed by atoms with Crippen LogP contribution in [-0.2, 0) is 19.1 Å². The summed E-state index contributed by atoms with van der Waals surface area (Å²) in [6.45, 7) is 0. The summed E-state index contributed by atoms with van der Waals surface area (Å²) in [6, 6.07) is 0. The highest BCUT2D eigenvalue weighted by atomic mass is 32.2. The van der Waals surface area contributed by atoms with E-state index in [2.05, 4.69) is 4.74 Å². The molecule has 5 heteroatoms. The second-order valence-electron chi connectivity index (χ2n) is 2.09. The van der Waals surface area contributed by atoms with Crippen LogP contribution in [0.4, 0.5) is 0 Å². The van der Waals surface area contributed by atoms with E-state index in [1.54, 1.807) is 0 Å². The van der Waals surface area contributed by atoms with Gasteiger partial charge in [0.1, 0.15) is 0 Å². The van der Waals surface area contributed by atoms with Crippen LogP contribution in [-0.4, -0.2) is 31.2 Å². The highest BCUT2D eigenvalue weighted by Crippen LogP contribution is 2.30. The molecule has 0 radical (unpaired) electrons. The van der Waals surface area contributed by atoms with Crippen molar-refractivity contribution in [1.82, 2.24) is 0 Å². The summed E-state index contributed by atoms with van der Waals surface area (Å²) in [5.41, 5.74) is 0. The van der Waals surface area contributed by atoms with Crippen LogP contribution in [0.5, 0.6) is 0 Å². The van der Waals surface area contributed by atoms with Gasteiger partial charge >= 0.3 is 5.97 Å².